The summed E-state index contributed by atoms with van der Waals surface area (Å²) in [7, 11) is 0. The number of hydrogen-bond acceptors (Lipinski definition) is 5. The Kier molecular flexibility index (Phi) is 3.76. The smallest absolute Gasteiger partial charge is 0.179 e. The molecule has 2 aromatic rings. The second-order valence-corrected chi connectivity index (χ2v) is 6.10. The molecule has 1 heterocycles. The van der Waals surface area contributed by atoms with Crippen LogP contribution in [0, 0.1) is 12.7 Å². The molecule has 1 aromatic carbocycles. The lowest BCUT2D eigenvalue weighted by Crippen LogP contribution is -2.08. The first kappa shape index (κ1) is 12.5. The van der Waals surface area contributed by atoms with Gasteiger partial charge in [0.05, 0.1) is 0 Å². The molecule has 0 radical (unpaired) electrons. The van der Waals surface area contributed by atoms with Crippen molar-refractivity contribution in [2.45, 2.75) is 29.1 Å². The first-order valence-electron chi connectivity index (χ1n) is 5.10. The molecule has 1 atom stereocenters. The van der Waals surface area contributed by atoms with E-state index < -0.39 is 0 Å². The van der Waals surface area contributed by atoms with Crippen LogP contribution in [0.5, 0.6) is 0 Å². The van der Waals surface area contributed by atoms with Crippen LogP contribution in [0.15, 0.2) is 27.4 Å². The van der Waals surface area contributed by atoms with Gasteiger partial charge in [0.25, 0.3) is 0 Å². The predicted molar refractivity (Wildman–Crippen MR) is 67.8 cm³/mol. The summed E-state index contributed by atoms with van der Waals surface area (Å²) in [5, 5.41) is 8.84. The van der Waals surface area contributed by atoms with E-state index >= 15 is 0 Å². The van der Waals surface area contributed by atoms with Gasteiger partial charge < -0.3 is 5.73 Å². The summed E-state index contributed by atoms with van der Waals surface area (Å²) in [5.41, 5.74) is 6.32. The van der Waals surface area contributed by atoms with Gasteiger partial charge in [0.15, 0.2) is 4.34 Å². The fourth-order valence-electron chi connectivity index (χ4n) is 1.46. The molecule has 0 aliphatic rings. The number of aromatic nitrogens is 2. The highest BCUT2D eigenvalue weighted by Crippen LogP contribution is 2.35. The Bertz CT molecular complexity index is 525. The summed E-state index contributed by atoms with van der Waals surface area (Å²) >= 11 is 2.89. The predicted octanol–water partition coefficient (Wildman–Crippen LogP) is 3.16. The van der Waals surface area contributed by atoms with Gasteiger partial charge in [-0.25, -0.2) is 4.39 Å². The SMILES string of the molecule is Cc1nnc(Sc2cccc(F)c2[C@H](C)N)s1. The van der Waals surface area contributed by atoms with Gasteiger partial charge in [-0.2, -0.15) is 0 Å². The van der Waals surface area contributed by atoms with Crippen molar-refractivity contribution < 1.29 is 4.39 Å². The van der Waals surface area contributed by atoms with E-state index in [9.17, 15) is 4.39 Å². The van der Waals surface area contributed by atoms with E-state index in [-0.39, 0.29) is 11.9 Å². The number of nitrogens with two attached hydrogens (primary N) is 1. The van der Waals surface area contributed by atoms with Crippen molar-refractivity contribution in [3.63, 3.8) is 0 Å². The van der Waals surface area contributed by atoms with Crippen LogP contribution >= 0.6 is 23.1 Å². The standard InChI is InChI=1S/C11H12FN3S2/c1-6(13)10-8(12)4-3-5-9(10)17-11-15-14-7(2)16-11/h3-6H,13H2,1-2H3/t6-/m0/s1. The molecule has 90 valence electrons. The Morgan fingerprint density at radius 1 is 1.41 bits per heavy atom. The molecule has 0 spiro atoms. The van der Waals surface area contributed by atoms with Crippen LogP contribution in [0.1, 0.15) is 23.5 Å². The molecule has 6 heteroatoms. The number of benzene rings is 1. The van der Waals surface area contributed by atoms with Gasteiger partial charge in [0.1, 0.15) is 10.8 Å². The van der Waals surface area contributed by atoms with Crippen LogP contribution in [0.3, 0.4) is 0 Å². The van der Waals surface area contributed by atoms with Crippen molar-refractivity contribution in [2.24, 2.45) is 5.73 Å². The van der Waals surface area contributed by atoms with Gasteiger partial charge in [-0.3, -0.25) is 0 Å². The van der Waals surface area contributed by atoms with Crippen molar-refractivity contribution >= 4 is 23.1 Å². The topological polar surface area (TPSA) is 51.8 Å². The van der Waals surface area contributed by atoms with E-state index in [0.29, 0.717) is 5.56 Å². The monoisotopic (exact) mass is 269 g/mol. The Balaban J connectivity index is 2.35. The lowest BCUT2D eigenvalue weighted by molar-refractivity contribution is 0.585. The van der Waals surface area contributed by atoms with Gasteiger partial charge in [0.2, 0.25) is 0 Å². The van der Waals surface area contributed by atoms with E-state index in [1.54, 1.807) is 13.0 Å². The summed E-state index contributed by atoms with van der Waals surface area (Å²) in [6.45, 7) is 3.66. The molecule has 2 N–H and O–H groups in total. The maximum Gasteiger partial charge on any atom is 0.179 e. The van der Waals surface area contributed by atoms with Gasteiger partial charge in [0, 0.05) is 16.5 Å². The number of nitrogens with zero attached hydrogens (tertiary/aromatic N) is 2. The third kappa shape index (κ3) is 2.83. The minimum Gasteiger partial charge on any atom is -0.324 e. The molecule has 0 aliphatic carbocycles. The minimum absolute atomic E-state index is 0.272. The van der Waals surface area contributed by atoms with Crippen molar-refractivity contribution in [1.29, 1.82) is 0 Å². The fraction of sp³-hybridized carbons (Fsp3) is 0.273. The second kappa shape index (κ2) is 5.12. The van der Waals surface area contributed by atoms with Crippen LogP contribution in [0.25, 0.3) is 0 Å². The first-order chi connectivity index (χ1) is 8.08. The average molecular weight is 269 g/mol. The number of aryl methyl sites for hydroxylation is 1. The number of halogens is 1. The molecule has 2 rings (SSSR count). The lowest BCUT2D eigenvalue weighted by Gasteiger charge is -2.11. The largest absolute Gasteiger partial charge is 0.324 e. The van der Waals surface area contributed by atoms with E-state index in [1.807, 2.05) is 13.0 Å². The highest BCUT2D eigenvalue weighted by molar-refractivity contribution is 8.01. The number of rotatable bonds is 3. The number of hydrogen-bond donors (Lipinski definition) is 1. The molecule has 0 fully saturated rings. The van der Waals surface area contributed by atoms with Gasteiger partial charge in [-0.05, 0) is 26.0 Å². The van der Waals surface area contributed by atoms with Crippen LogP contribution < -0.4 is 5.73 Å². The fourth-order valence-corrected chi connectivity index (χ4v) is 3.49. The van der Waals surface area contributed by atoms with Crippen LogP contribution in [-0.4, -0.2) is 10.2 Å². The summed E-state index contributed by atoms with van der Waals surface area (Å²) in [6, 6.07) is 4.61. The third-order valence-corrected chi connectivity index (χ3v) is 4.14. The molecule has 0 unspecified atom stereocenters. The van der Waals surface area contributed by atoms with Crippen molar-refractivity contribution in [2.75, 3.05) is 0 Å². The maximum absolute atomic E-state index is 13.7. The molecule has 0 bridgehead atoms. The molecule has 1 aromatic heterocycles. The molecule has 0 aliphatic heterocycles. The lowest BCUT2D eigenvalue weighted by atomic mass is 10.1. The van der Waals surface area contributed by atoms with Crippen molar-refractivity contribution in [3.8, 4) is 0 Å². The van der Waals surface area contributed by atoms with Gasteiger partial charge in [-0.15, -0.1) is 10.2 Å². The summed E-state index contributed by atoms with van der Waals surface area (Å²) in [6.07, 6.45) is 0. The zero-order valence-electron chi connectivity index (χ0n) is 9.48. The molecule has 0 amide bonds. The zero-order chi connectivity index (χ0) is 12.4. The molecule has 0 saturated carbocycles. The summed E-state index contributed by atoms with van der Waals surface area (Å²) in [5.74, 6) is -0.272. The van der Waals surface area contributed by atoms with Crippen molar-refractivity contribution in [1.82, 2.24) is 10.2 Å². The van der Waals surface area contributed by atoms with Crippen LogP contribution in [-0.2, 0) is 0 Å². The summed E-state index contributed by atoms with van der Waals surface area (Å²) < 4.78 is 14.5. The Hall–Kier alpha value is -0.980. The molecule has 0 saturated heterocycles. The zero-order valence-corrected chi connectivity index (χ0v) is 11.1. The maximum atomic E-state index is 13.7. The highest BCUT2D eigenvalue weighted by atomic mass is 32.2. The van der Waals surface area contributed by atoms with E-state index in [4.69, 9.17) is 5.73 Å². The molecule has 17 heavy (non-hydrogen) atoms. The Labute approximate surface area is 107 Å². The minimum atomic E-state index is -0.340. The van der Waals surface area contributed by atoms with Crippen LogP contribution in [0.4, 0.5) is 4.39 Å². The third-order valence-electron chi connectivity index (χ3n) is 2.17. The van der Waals surface area contributed by atoms with E-state index in [0.717, 1.165) is 14.2 Å². The van der Waals surface area contributed by atoms with E-state index in [2.05, 4.69) is 10.2 Å². The van der Waals surface area contributed by atoms with E-state index in [1.165, 1.54) is 29.2 Å². The van der Waals surface area contributed by atoms with Gasteiger partial charge >= 0.3 is 0 Å². The van der Waals surface area contributed by atoms with Gasteiger partial charge in [-0.1, -0.05) is 29.2 Å². The molecular weight excluding hydrogens is 257 g/mol. The Morgan fingerprint density at radius 2 is 2.18 bits per heavy atom. The first-order valence-corrected chi connectivity index (χ1v) is 6.73. The Morgan fingerprint density at radius 3 is 2.76 bits per heavy atom. The molecular formula is C11H12FN3S2. The normalized spacial score (nSPS) is 12.7. The molecule has 3 nitrogen and oxygen atoms in total. The van der Waals surface area contributed by atoms with Crippen molar-refractivity contribution in [3.05, 3.63) is 34.6 Å². The van der Waals surface area contributed by atoms with Crippen LogP contribution in [0.2, 0.25) is 0 Å². The highest BCUT2D eigenvalue weighted by Gasteiger charge is 2.14. The quantitative estimate of drug-likeness (QED) is 0.930. The second-order valence-electron chi connectivity index (χ2n) is 3.63. The average Bonchev–Trinajstić information content (AvgIpc) is 2.63. The summed E-state index contributed by atoms with van der Waals surface area (Å²) in [4.78, 5) is 0.802.